The van der Waals surface area contributed by atoms with Crippen molar-refractivity contribution in [2.24, 2.45) is 21.6 Å². The Morgan fingerprint density at radius 3 is 2.62 bits per heavy atom. The van der Waals surface area contributed by atoms with Crippen molar-refractivity contribution in [3.63, 3.8) is 0 Å². The van der Waals surface area contributed by atoms with Crippen molar-refractivity contribution in [2.45, 2.75) is 70.7 Å². The Morgan fingerprint density at radius 2 is 1.82 bits per heavy atom. The van der Waals surface area contributed by atoms with Crippen LogP contribution in [0.3, 0.4) is 0 Å². The molecule has 0 aromatic carbocycles. The number of carbonyl (C=O) groups is 1. The van der Waals surface area contributed by atoms with Gasteiger partial charge in [-0.2, -0.15) is 0 Å². The second-order valence-electron chi connectivity index (χ2n) is 9.14. The molecule has 0 spiro atoms. The zero-order valence-electron chi connectivity index (χ0n) is 22.8. The number of oxime groups is 1. The van der Waals surface area contributed by atoms with Crippen molar-refractivity contribution < 1.29 is 28.9 Å². The predicted octanol–water partition coefficient (Wildman–Crippen LogP) is 0.200. The highest BCUT2D eigenvalue weighted by Crippen LogP contribution is 2.29. The van der Waals surface area contributed by atoms with Crippen molar-refractivity contribution in [1.82, 2.24) is 30.0 Å². The first-order valence-electron chi connectivity index (χ1n) is 13.4. The summed E-state index contributed by atoms with van der Waals surface area (Å²) in [7, 11) is 0. The van der Waals surface area contributed by atoms with Gasteiger partial charge in [0.15, 0.2) is 5.96 Å². The Hall–Kier alpha value is -3.63. The van der Waals surface area contributed by atoms with Crippen molar-refractivity contribution in [3.8, 4) is 0 Å². The molecule has 16 heteroatoms. The smallest absolute Gasteiger partial charge is 0.303 e. The van der Waals surface area contributed by atoms with Crippen LogP contribution in [-0.2, 0) is 56.4 Å². The van der Waals surface area contributed by atoms with Crippen LogP contribution >= 0.6 is 0 Å². The molecule has 1 atom stereocenters. The molecule has 5 N–H and O–H groups in total. The van der Waals surface area contributed by atoms with E-state index >= 15 is 0 Å². The maximum atomic E-state index is 11.3. The fraction of sp³-hybridized carbons (Fsp3) is 0.708. The fourth-order valence-corrected chi connectivity index (χ4v) is 4.40. The third kappa shape index (κ3) is 10.2. The zero-order chi connectivity index (χ0) is 28.6. The third-order valence-corrected chi connectivity index (χ3v) is 6.30. The molecule has 2 aromatic heterocycles. The van der Waals surface area contributed by atoms with Gasteiger partial charge in [0.05, 0.1) is 70.5 Å². The van der Waals surface area contributed by atoms with Gasteiger partial charge in [-0.25, -0.2) is 9.36 Å². The van der Waals surface area contributed by atoms with Crippen molar-refractivity contribution in [2.75, 3.05) is 39.6 Å². The van der Waals surface area contributed by atoms with E-state index in [0.29, 0.717) is 64.1 Å². The van der Waals surface area contributed by atoms with Crippen LogP contribution in [0.15, 0.2) is 10.1 Å². The van der Waals surface area contributed by atoms with Crippen molar-refractivity contribution >= 4 is 18.6 Å². The van der Waals surface area contributed by atoms with Gasteiger partial charge in [0.25, 0.3) is 0 Å². The molecular weight excluding hydrogens is 524 g/mol. The van der Waals surface area contributed by atoms with E-state index in [1.807, 2.05) is 4.68 Å². The van der Waals surface area contributed by atoms with Gasteiger partial charge in [0, 0.05) is 13.1 Å². The number of aromatic nitrogens is 6. The average Bonchev–Trinajstić information content (AvgIpc) is 3.49. The molecule has 1 unspecified atom stereocenters. The summed E-state index contributed by atoms with van der Waals surface area (Å²) in [5, 5.41) is 30.0. The Balaban J connectivity index is 1.62. The Labute approximate surface area is 232 Å². The lowest BCUT2D eigenvalue weighted by Crippen LogP contribution is -2.23. The quantitative estimate of drug-likeness (QED) is 0.0903. The molecule has 1 aliphatic carbocycles. The van der Waals surface area contributed by atoms with E-state index in [9.17, 15) is 9.90 Å². The number of aryl methyl sites for hydroxylation is 2. The normalized spacial score (nSPS) is 15.2. The van der Waals surface area contributed by atoms with Crippen LogP contribution in [-0.4, -0.2) is 93.3 Å². The van der Waals surface area contributed by atoms with E-state index in [4.69, 9.17) is 30.5 Å². The molecule has 2 aromatic rings. The molecule has 0 saturated carbocycles. The van der Waals surface area contributed by atoms with Crippen LogP contribution in [0.1, 0.15) is 61.0 Å². The number of aliphatic imine (C=N–C) groups is 1. The van der Waals surface area contributed by atoms with E-state index in [2.05, 4.69) is 37.5 Å². The van der Waals surface area contributed by atoms with Crippen molar-refractivity contribution in [1.29, 1.82) is 0 Å². The largest absolute Gasteiger partial charge is 0.481 e. The van der Waals surface area contributed by atoms with Crippen LogP contribution in [0.2, 0.25) is 0 Å². The van der Waals surface area contributed by atoms with Gasteiger partial charge in [-0.1, -0.05) is 23.3 Å². The summed E-state index contributed by atoms with van der Waals surface area (Å²) in [5.41, 5.74) is 13.9. The molecule has 0 bridgehead atoms. The lowest BCUT2D eigenvalue weighted by Gasteiger charge is -2.20. The van der Waals surface area contributed by atoms with E-state index in [1.165, 1.54) is 0 Å². The second-order valence-corrected chi connectivity index (χ2v) is 9.14. The van der Waals surface area contributed by atoms with Crippen LogP contribution < -0.4 is 11.5 Å². The van der Waals surface area contributed by atoms with Gasteiger partial charge < -0.3 is 35.6 Å². The summed E-state index contributed by atoms with van der Waals surface area (Å²) in [5.74, 6) is -0.905. The fourth-order valence-electron chi connectivity index (χ4n) is 4.40. The maximum Gasteiger partial charge on any atom is 0.303 e. The first-order chi connectivity index (χ1) is 19.5. The summed E-state index contributed by atoms with van der Waals surface area (Å²) in [6, 6.07) is 0. The number of ether oxygens (including phenoxy) is 3. The van der Waals surface area contributed by atoms with Crippen LogP contribution in [0.5, 0.6) is 0 Å². The van der Waals surface area contributed by atoms with E-state index in [0.717, 1.165) is 43.5 Å². The van der Waals surface area contributed by atoms with E-state index in [1.54, 1.807) is 4.68 Å². The standard InChI is InChI=1S/C24H40N10O6/c1-27-40-16-14-37-13-15-39-21-6-4-2-3-5-20-23(21)30-32-34(20)11-10-33-19(7-8-22(35)36)18(29-31-33)17-38-12-9-28-24(25)26/h21H,1-17H2,(H,35,36)(H4,25,26,28). The Bertz CT molecular complexity index is 1080. The van der Waals surface area contributed by atoms with Crippen LogP contribution in [0, 0.1) is 0 Å². The third-order valence-electron chi connectivity index (χ3n) is 6.30. The second kappa shape index (κ2) is 17.1. The Morgan fingerprint density at radius 1 is 1.02 bits per heavy atom. The van der Waals surface area contributed by atoms with Gasteiger partial charge in [-0.3, -0.25) is 9.79 Å². The summed E-state index contributed by atoms with van der Waals surface area (Å²) in [6.45, 7) is 6.63. The van der Waals surface area contributed by atoms with E-state index in [-0.39, 0.29) is 31.5 Å². The number of nitrogens with two attached hydrogens (primary N) is 2. The highest BCUT2D eigenvalue weighted by molar-refractivity contribution is 5.75. The van der Waals surface area contributed by atoms with Gasteiger partial charge >= 0.3 is 5.97 Å². The van der Waals surface area contributed by atoms with Gasteiger partial charge in [-0.05, 0) is 19.3 Å². The maximum absolute atomic E-state index is 11.3. The van der Waals surface area contributed by atoms with E-state index < -0.39 is 5.97 Å². The summed E-state index contributed by atoms with van der Waals surface area (Å²) >= 11 is 0. The topological polar surface area (TPSA) is 212 Å². The number of aliphatic carboxylic acids is 1. The molecule has 0 aliphatic heterocycles. The highest BCUT2D eigenvalue weighted by atomic mass is 16.6. The van der Waals surface area contributed by atoms with Crippen molar-refractivity contribution in [3.05, 3.63) is 22.8 Å². The number of rotatable bonds is 19. The minimum atomic E-state index is -0.899. The lowest BCUT2D eigenvalue weighted by molar-refractivity contribution is -0.137. The molecule has 0 amide bonds. The molecule has 0 fully saturated rings. The summed E-state index contributed by atoms with van der Waals surface area (Å²) in [6.07, 6.45) is 4.99. The summed E-state index contributed by atoms with van der Waals surface area (Å²) < 4.78 is 20.9. The molecular formula is C24H40N10O6. The molecule has 16 nitrogen and oxygen atoms in total. The van der Waals surface area contributed by atoms with Gasteiger partial charge in [-0.15, -0.1) is 15.4 Å². The number of fused-ring (bicyclic) bond motifs is 1. The molecule has 1 aliphatic rings. The minimum absolute atomic E-state index is 0.00591. The van der Waals surface area contributed by atoms with Crippen LogP contribution in [0.25, 0.3) is 0 Å². The molecule has 0 saturated heterocycles. The number of hydrogen-bond acceptors (Lipinski definition) is 11. The molecule has 0 radical (unpaired) electrons. The number of carboxylic acid groups (broad SMARTS) is 1. The molecule has 222 valence electrons. The molecule has 40 heavy (non-hydrogen) atoms. The lowest BCUT2D eigenvalue weighted by atomic mass is 9.99. The minimum Gasteiger partial charge on any atom is -0.481 e. The highest BCUT2D eigenvalue weighted by Gasteiger charge is 2.24. The predicted molar refractivity (Wildman–Crippen MR) is 144 cm³/mol. The molecule has 3 rings (SSSR count). The Kier molecular flexibility index (Phi) is 13.2. The monoisotopic (exact) mass is 564 g/mol. The molecule has 2 heterocycles. The number of guanidine groups is 1. The van der Waals surface area contributed by atoms with Gasteiger partial charge in [0.2, 0.25) is 0 Å². The van der Waals surface area contributed by atoms with Gasteiger partial charge in [0.1, 0.15) is 24.1 Å². The first kappa shape index (κ1) is 30.9. The SMILES string of the molecule is C=NOCCOCCOC1CCCCCc2c1nnn2CCn1nnc(COCCN=C(N)N)c1CCC(=O)O. The zero-order valence-corrected chi connectivity index (χ0v) is 22.8. The average molecular weight is 565 g/mol. The summed E-state index contributed by atoms with van der Waals surface area (Å²) in [4.78, 5) is 19.9. The number of hydrogen-bond donors (Lipinski definition) is 3. The van der Waals surface area contributed by atoms with Crippen LogP contribution in [0.4, 0.5) is 0 Å². The number of carboxylic acids is 1. The first-order valence-corrected chi connectivity index (χ1v) is 13.4. The number of nitrogens with zero attached hydrogens (tertiary/aromatic N) is 8.